The first kappa shape index (κ1) is 16.0. The smallest absolute Gasteiger partial charge is 0.238 e. The van der Waals surface area contributed by atoms with E-state index >= 15 is 0 Å². The minimum atomic E-state index is -3.71. The van der Waals surface area contributed by atoms with Gasteiger partial charge in [-0.25, -0.2) is 13.6 Å². The summed E-state index contributed by atoms with van der Waals surface area (Å²) < 4.78 is 22.7. The van der Waals surface area contributed by atoms with Crippen molar-refractivity contribution in [2.24, 2.45) is 5.14 Å². The van der Waals surface area contributed by atoms with Crippen LogP contribution >= 0.6 is 0 Å². The van der Waals surface area contributed by atoms with E-state index in [0.29, 0.717) is 17.9 Å². The predicted octanol–water partition coefficient (Wildman–Crippen LogP) is -0.424. The van der Waals surface area contributed by atoms with E-state index < -0.39 is 10.0 Å². The van der Waals surface area contributed by atoms with Crippen LogP contribution in [-0.2, 0) is 10.0 Å². The summed E-state index contributed by atoms with van der Waals surface area (Å²) >= 11 is 0. The first-order chi connectivity index (χ1) is 9.86. The molecular weight excluding hydrogens is 290 g/mol. The lowest BCUT2D eigenvalue weighted by molar-refractivity contribution is 0.158. The maximum atomic E-state index is 11.3. The van der Waals surface area contributed by atoms with Gasteiger partial charge >= 0.3 is 0 Å². The van der Waals surface area contributed by atoms with Crippen molar-refractivity contribution < 1.29 is 8.42 Å². The lowest BCUT2D eigenvalue weighted by Gasteiger charge is -2.32. The van der Waals surface area contributed by atoms with Gasteiger partial charge in [0.1, 0.15) is 0 Å². The molecular formula is C13H23N5O2S. The average molecular weight is 313 g/mol. The third kappa shape index (κ3) is 4.57. The summed E-state index contributed by atoms with van der Waals surface area (Å²) in [4.78, 5) is 4.74. The molecule has 21 heavy (non-hydrogen) atoms. The molecule has 0 radical (unpaired) electrons. The first-order valence-corrected chi connectivity index (χ1v) is 8.48. The van der Waals surface area contributed by atoms with Crippen molar-refractivity contribution in [3.05, 3.63) is 18.2 Å². The molecule has 1 aromatic carbocycles. The lowest BCUT2D eigenvalue weighted by Crippen LogP contribution is -2.45. The van der Waals surface area contributed by atoms with Crippen LogP contribution in [0.4, 0.5) is 11.4 Å². The van der Waals surface area contributed by atoms with Crippen molar-refractivity contribution in [2.75, 3.05) is 57.4 Å². The molecule has 0 aliphatic carbocycles. The third-order valence-electron chi connectivity index (χ3n) is 3.69. The van der Waals surface area contributed by atoms with E-state index in [-0.39, 0.29) is 4.90 Å². The Kier molecular flexibility index (Phi) is 5.04. The van der Waals surface area contributed by atoms with Crippen molar-refractivity contribution in [2.45, 2.75) is 4.90 Å². The van der Waals surface area contributed by atoms with Crippen LogP contribution in [0, 0.1) is 0 Å². The van der Waals surface area contributed by atoms with Crippen LogP contribution in [0.3, 0.4) is 0 Å². The normalized spacial score (nSPS) is 17.8. The van der Waals surface area contributed by atoms with Gasteiger partial charge in [-0.3, -0.25) is 4.90 Å². The Morgan fingerprint density at radius 3 is 2.52 bits per heavy atom. The van der Waals surface area contributed by atoms with Crippen LogP contribution in [0.5, 0.6) is 0 Å². The predicted molar refractivity (Wildman–Crippen MR) is 84.7 cm³/mol. The minimum absolute atomic E-state index is 0.0683. The number of sulfonamides is 1. The van der Waals surface area contributed by atoms with Crippen LogP contribution in [0.15, 0.2) is 23.1 Å². The summed E-state index contributed by atoms with van der Waals surface area (Å²) in [7, 11) is -1.59. The fourth-order valence-corrected chi connectivity index (χ4v) is 2.83. The van der Waals surface area contributed by atoms with Gasteiger partial charge < -0.3 is 16.0 Å². The van der Waals surface area contributed by atoms with E-state index in [1.165, 1.54) is 12.1 Å². The minimum Gasteiger partial charge on any atom is -0.397 e. The maximum absolute atomic E-state index is 11.3. The molecule has 7 nitrogen and oxygen atoms in total. The summed E-state index contributed by atoms with van der Waals surface area (Å²) in [5.41, 5.74) is 6.97. The molecule has 0 aromatic heterocycles. The molecule has 1 saturated heterocycles. The molecule has 1 fully saturated rings. The highest BCUT2D eigenvalue weighted by Crippen LogP contribution is 2.21. The average Bonchev–Trinajstić information content (AvgIpc) is 2.42. The zero-order valence-corrected chi connectivity index (χ0v) is 13.1. The van der Waals surface area contributed by atoms with Gasteiger partial charge in [-0.2, -0.15) is 0 Å². The number of nitrogens with two attached hydrogens (primary N) is 2. The molecule has 8 heteroatoms. The quantitative estimate of drug-likeness (QED) is 0.638. The Morgan fingerprint density at radius 1 is 1.24 bits per heavy atom. The fourth-order valence-electron chi connectivity index (χ4n) is 2.29. The molecule has 1 heterocycles. The maximum Gasteiger partial charge on any atom is 0.238 e. The molecule has 1 aliphatic heterocycles. The Labute approximate surface area is 125 Å². The SMILES string of the molecule is CN1CCN(CCNc2cc(S(N)(=O)=O)ccc2N)CC1. The molecule has 0 saturated carbocycles. The second-order valence-corrected chi connectivity index (χ2v) is 6.93. The van der Waals surface area contributed by atoms with Gasteiger partial charge in [0.2, 0.25) is 10.0 Å². The molecule has 5 N–H and O–H groups in total. The van der Waals surface area contributed by atoms with Gasteiger partial charge in [0, 0.05) is 39.3 Å². The Balaban J connectivity index is 1.91. The van der Waals surface area contributed by atoms with Crippen molar-refractivity contribution >= 4 is 21.4 Å². The highest BCUT2D eigenvalue weighted by molar-refractivity contribution is 7.89. The standard InChI is InChI=1S/C13H23N5O2S/c1-17-6-8-18(9-7-17)5-4-16-13-10-11(21(15,19)20)2-3-12(13)14/h2-3,10,16H,4-9,14H2,1H3,(H2,15,19,20). The number of nitrogen functional groups attached to an aromatic ring is 1. The topological polar surface area (TPSA) is 105 Å². The van der Waals surface area contributed by atoms with Crippen molar-refractivity contribution in [3.63, 3.8) is 0 Å². The Bertz CT molecular complexity index is 582. The van der Waals surface area contributed by atoms with Gasteiger partial charge in [-0.15, -0.1) is 0 Å². The number of primary sulfonamides is 1. The van der Waals surface area contributed by atoms with Crippen molar-refractivity contribution in [3.8, 4) is 0 Å². The second kappa shape index (κ2) is 6.61. The molecule has 0 unspecified atom stereocenters. The number of hydrogen-bond acceptors (Lipinski definition) is 6. The Hall–Kier alpha value is -1.35. The first-order valence-electron chi connectivity index (χ1n) is 6.93. The highest BCUT2D eigenvalue weighted by atomic mass is 32.2. The van der Waals surface area contributed by atoms with Gasteiger partial charge in [-0.1, -0.05) is 0 Å². The van der Waals surface area contributed by atoms with E-state index in [1.54, 1.807) is 6.07 Å². The molecule has 0 bridgehead atoms. The second-order valence-electron chi connectivity index (χ2n) is 5.37. The number of likely N-dealkylation sites (N-methyl/N-ethyl adjacent to an activating group) is 1. The van der Waals surface area contributed by atoms with Crippen molar-refractivity contribution in [1.82, 2.24) is 9.80 Å². The summed E-state index contributed by atoms with van der Waals surface area (Å²) in [5, 5.41) is 8.31. The number of rotatable bonds is 5. The molecule has 1 aliphatic rings. The molecule has 0 atom stereocenters. The van der Waals surface area contributed by atoms with E-state index in [2.05, 4.69) is 22.2 Å². The number of anilines is 2. The summed E-state index contributed by atoms with van der Waals surface area (Å²) in [6, 6.07) is 4.45. The van der Waals surface area contributed by atoms with E-state index in [9.17, 15) is 8.42 Å². The van der Waals surface area contributed by atoms with Crippen LogP contribution in [-0.4, -0.2) is 64.5 Å². The van der Waals surface area contributed by atoms with E-state index in [0.717, 1.165) is 32.7 Å². The fraction of sp³-hybridized carbons (Fsp3) is 0.538. The molecule has 1 aromatic rings. The van der Waals surface area contributed by atoms with E-state index in [1.807, 2.05) is 0 Å². The molecule has 118 valence electrons. The van der Waals surface area contributed by atoms with Gasteiger partial charge in [0.25, 0.3) is 0 Å². The highest BCUT2D eigenvalue weighted by Gasteiger charge is 2.14. The summed E-state index contributed by atoms with van der Waals surface area (Å²) in [6.07, 6.45) is 0. The van der Waals surface area contributed by atoms with Gasteiger partial charge in [-0.05, 0) is 25.2 Å². The number of nitrogens with one attached hydrogen (secondary N) is 1. The van der Waals surface area contributed by atoms with Crippen LogP contribution < -0.4 is 16.2 Å². The van der Waals surface area contributed by atoms with Gasteiger partial charge in [0.05, 0.1) is 16.3 Å². The number of hydrogen-bond donors (Lipinski definition) is 3. The monoisotopic (exact) mass is 313 g/mol. The Morgan fingerprint density at radius 2 is 1.90 bits per heavy atom. The molecule has 0 spiro atoms. The van der Waals surface area contributed by atoms with Gasteiger partial charge in [0.15, 0.2) is 0 Å². The zero-order chi connectivity index (χ0) is 15.5. The number of benzene rings is 1. The third-order valence-corrected chi connectivity index (χ3v) is 4.60. The lowest BCUT2D eigenvalue weighted by atomic mass is 10.2. The zero-order valence-electron chi connectivity index (χ0n) is 12.2. The van der Waals surface area contributed by atoms with Crippen LogP contribution in [0.2, 0.25) is 0 Å². The summed E-state index contributed by atoms with van der Waals surface area (Å²) in [6.45, 7) is 5.84. The van der Waals surface area contributed by atoms with E-state index in [4.69, 9.17) is 10.9 Å². The molecule has 0 amide bonds. The number of nitrogens with zero attached hydrogens (tertiary/aromatic N) is 2. The van der Waals surface area contributed by atoms with Crippen LogP contribution in [0.25, 0.3) is 0 Å². The summed E-state index contributed by atoms with van der Waals surface area (Å²) in [5.74, 6) is 0. The van der Waals surface area contributed by atoms with Crippen molar-refractivity contribution in [1.29, 1.82) is 0 Å². The molecule has 2 rings (SSSR count). The number of piperazine rings is 1. The van der Waals surface area contributed by atoms with Crippen LogP contribution in [0.1, 0.15) is 0 Å². The largest absolute Gasteiger partial charge is 0.397 e.